The second-order valence-electron chi connectivity index (χ2n) is 5.65. The molecule has 0 atom stereocenters. The van der Waals surface area contributed by atoms with Crippen molar-refractivity contribution in [3.63, 3.8) is 0 Å². The van der Waals surface area contributed by atoms with Crippen LogP contribution >= 0.6 is 0 Å². The SMILES string of the molecule is CN(Cc1cnn(C)c1)C(=O)Cn1[nH]c(=O)c2ccccc2c1=O. The van der Waals surface area contributed by atoms with Gasteiger partial charge in [0.2, 0.25) is 5.91 Å². The van der Waals surface area contributed by atoms with Gasteiger partial charge in [0.25, 0.3) is 11.1 Å². The van der Waals surface area contributed by atoms with Crippen LogP contribution in [0.3, 0.4) is 0 Å². The van der Waals surface area contributed by atoms with Crippen molar-refractivity contribution in [1.82, 2.24) is 24.5 Å². The Balaban J connectivity index is 1.84. The fourth-order valence-corrected chi connectivity index (χ4v) is 2.53. The predicted octanol–water partition coefficient (Wildman–Crippen LogP) is 0.0819. The van der Waals surface area contributed by atoms with Crippen molar-refractivity contribution in [3.8, 4) is 0 Å². The summed E-state index contributed by atoms with van der Waals surface area (Å²) in [4.78, 5) is 38.3. The van der Waals surface area contributed by atoms with Crippen LogP contribution in [0.1, 0.15) is 5.56 Å². The van der Waals surface area contributed by atoms with Crippen LogP contribution in [-0.2, 0) is 24.9 Å². The second kappa shape index (κ2) is 6.15. The molecule has 8 heteroatoms. The highest BCUT2D eigenvalue weighted by atomic mass is 16.2. The maximum Gasteiger partial charge on any atom is 0.273 e. The number of hydrogen-bond acceptors (Lipinski definition) is 4. The standard InChI is InChI=1S/C16H17N5O3/c1-19(8-11-7-17-20(2)9-11)14(22)10-21-16(24)13-6-4-3-5-12(13)15(23)18-21/h3-7,9H,8,10H2,1-2H3,(H,18,23). The molecule has 8 nitrogen and oxygen atoms in total. The van der Waals surface area contributed by atoms with Crippen LogP contribution in [0, 0.1) is 0 Å². The molecular weight excluding hydrogens is 310 g/mol. The molecule has 1 amide bonds. The molecule has 3 rings (SSSR count). The van der Waals surface area contributed by atoms with Crippen molar-refractivity contribution in [3.05, 3.63) is 62.9 Å². The number of H-pyrrole nitrogens is 1. The first-order valence-corrected chi connectivity index (χ1v) is 7.39. The first-order chi connectivity index (χ1) is 11.5. The molecule has 0 fully saturated rings. The molecule has 24 heavy (non-hydrogen) atoms. The van der Waals surface area contributed by atoms with Gasteiger partial charge in [0.05, 0.1) is 17.0 Å². The summed E-state index contributed by atoms with van der Waals surface area (Å²) in [6.07, 6.45) is 3.49. The Morgan fingerprint density at radius 3 is 2.62 bits per heavy atom. The molecule has 0 saturated heterocycles. The van der Waals surface area contributed by atoms with Gasteiger partial charge < -0.3 is 4.90 Å². The van der Waals surface area contributed by atoms with Gasteiger partial charge in [0.1, 0.15) is 6.54 Å². The van der Waals surface area contributed by atoms with E-state index in [-0.39, 0.29) is 12.5 Å². The highest BCUT2D eigenvalue weighted by Gasteiger charge is 2.14. The fraction of sp³-hybridized carbons (Fsp3) is 0.250. The van der Waals surface area contributed by atoms with Gasteiger partial charge in [-0.2, -0.15) is 5.10 Å². The maximum atomic E-state index is 12.4. The third-order valence-electron chi connectivity index (χ3n) is 3.78. The number of carbonyl (C=O) groups excluding carboxylic acids is 1. The van der Waals surface area contributed by atoms with E-state index in [0.717, 1.165) is 10.2 Å². The normalized spacial score (nSPS) is 10.9. The number of carbonyl (C=O) groups is 1. The zero-order chi connectivity index (χ0) is 17.3. The minimum atomic E-state index is -0.395. The molecule has 2 aromatic heterocycles. The van der Waals surface area contributed by atoms with E-state index in [2.05, 4.69) is 10.2 Å². The molecule has 1 aromatic carbocycles. The van der Waals surface area contributed by atoms with Gasteiger partial charge in [0.15, 0.2) is 0 Å². The van der Waals surface area contributed by atoms with Crippen LogP contribution < -0.4 is 11.1 Å². The maximum absolute atomic E-state index is 12.4. The predicted molar refractivity (Wildman–Crippen MR) is 88.5 cm³/mol. The van der Waals surface area contributed by atoms with Gasteiger partial charge >= 0.3 is 0 Å². The van der Waals surface area contributed by atoms with Crippen LogP contribution in [0.25, 0.3) is 10.8 Å². The van der Waals surface area contributed by atoms with Crippen LogP contribution in [0.15, 0.2) is 46.2 Å². The van der Waals surface area contributed by atoms with E-state index in [9.17, 15) is 14.4 Å². The largest absolute Gasteiger partial charge is 0.340 e. The van der Waals surface area contributed by atoms with E-state index in [1.54, 1.807) is 49.2 Å². The summed E-state index contributed by atoms with van der Waals surface area (Å²) in [6.45, 7) is 0.148. The van der Waals surface area contributed by atoms with Crippen LogP contribution in [0.4, 0.5) is 0 Å². The van der Waals surface area contributed by atoms with E-state index in [0.29, 0.717) is 17.3 Å². The van der Waals surface area contributed by atoms with E-state index < -0.39 is 11.1 Å². The lowest BCUT2D eigenvalue weighted by Gasteiger charge is -2.17. The van der Waals surface area contributed by atoms with Crippen molar-refractivity contribution in [2.45, 2.75) is 13.1 Å². The Kier molecular flexibility index (Phi) is 4.03. The van der Waals surface area contributed by atoms with Crippen molar-refractivity contribution in [2.75, 3.05) is 7.05 Å². The molecule has 124 valence electrons. The molecular formula is C16H17N5O3. The molecule has 2 heterocycles. The van der Waals surface area contributed by atoms with Crippen molar-refractivity contribution >= 4 is 16.7 Å². The number of aromatic amines is 1. The molecule has 0 unspecified atom stereocenters. The van der Waals surface area contributed by atoms with Crippen LogP contribution in [0.5, 0.6) is 0 Å². The van der Waals surface area contributed by atoms with Gasteiger partial charge in [-0.15, -0.1) is 0 Å². The Bertz CT molecular complexity index is 1010. The molecule has 0 spiro atoms. The minimum absolute atomic E-state index is 0.227. The molecule has 0 aliphatic carbocycles. The van der Waals surface area contributed by atoms with Crippen molar-refractivity contribution in [2.24, 2.45) is 7.05 Å². The first-order valence-electron chi connectivity index (χ1n) is 7.39. The lowest BCUT2D eigenvalue weighted by atomic mass is 10.2. The van der Waals surface area contributed by atoms with Crippen LogP contribution in [-0.4, -0.2) is 37.4 Å². The van der Waals surface area contributed by atoms with Gasteiger partial charge in [-0.1, -0.05) is 12.1 Å². The number of aromatic nitrogens is 4. The summed E-state index contributed by atoms with van der Waals surface area (Å²) in [5, 5.41) is 7.12. The molecule has 0 aliphatic rings. The Hall–Kier alpha value is -3.16. The number of aryl methyl sites for hydroxylation is 1. The lowest BCUT2D eigenvalue weighted by Crippen LogP contribution is -2.37. The van der Waals surface area contributed by atoms with E-state index >= 15 is 0 Å². The summed E-state index contributed by atoms with van der Waals surface area (Å²) in [5.41, 5.74) is 0.0916. The monoisotopic (exact) mass is 327 g/mol. The summed E-state index contributed by atoms with van der Waals surface area (Å²) in [7, 11) is 3.43. The van der Waals surface area contributed by atoms with Crippen molar-refractivity contribution < 1.29 is 4.79 Å². The minimum Gasteiger partial charge on any atom is -0.340 e. The zero-order valence-corrected chi connectivity index (χ0v) is 13.4. The number of rotatable bonds is 4. The topological polar surface area (TPSA) is 93.0 Å². The Morgan fingerprint density at radius 1 is 1.25 bits per heavy atom. The highest BCUT2D eigenvalue weighted by molar-refractivity contribution is 5.81. The molecule has 0 aliphatic heterocycles. The lowest BCUT2D eigenvalue weighted by molar-refractivity contribution is -0.131. The first kappa shape index (κ1) is 15.7. The molecule has 0 saturated carbocycles. The summed E-state index contributed by atoms with van der Waals surface area (Å²) in [6, 6.07) is 6.53. The zero-order valence-electron chi connectivity index (χ0n) is 13.4. The highest BCUT2D eigenvalue weighted by Crippen LogP contribution is 2.04. The number of nitrogens with one attached hydrogen (secondary N) is 1. The summed E-state index contributed by atoms with van der Waals surface area (Å²) < 4.78 is 2.70. The van der Waals surface area contributed by atoms with Crippen LogP contribution in [0.2, 0.25) is 0 Å². The van der Waals surface area contributed by atoms with Gasteiger partial charge in [-0.3, -0.25) is 24.2 Å². The van der Waals surface area contributed by atoms with E-state index in [4.69, 9.17) is 0 Å². The van der Waals surface area contributed by atoms with Crippen molar-refractivity contribution in [1.29, 1.82) is 0 Å². The Morgan fingerprint density at radius 2 is 1.96 bits per heavy atom. The van der Waals surface area contributed by atoms with Gasteiger partial charge in [0, 0.05) is 32.4 Å². The number of benzene rings is 1. The molecule has 0 bridgehead atoms. The molecule has 0 radical (unpaired) electrons. The second-order valence-corrected chi connectivity index (χ2v) is 5.65. The Labute approximate surface area is 136 Å². The molecule has 1 N–H and O–H groups in total. The summed E-state index contributed by atoms with van der Waals surface area (Å²) in [5.74, 6) is -0.285. The fourth-order valence-electron chi connectivity index (χ4n) is 2.53. The number of nitrogens with zero attached hydrogens (tertiary/aromatic N) is 4. The number of hydrogen-bond donors (Lipinski definition) is 1. The van der Waals surface area contributed by atoms with E-state index in [1.165, 1.54) is 4.90 Å². The number of amides is 1. The average molecular weight is 327 g/mol. The quantitative estimate of drug-likeness (QED) is 0.734. The smallest absolute Gasteiger partial charge is 0.273 e. The average Bonchev–Trinajstić information content (AvgIpc) is 2.97. The summed E-state index contributed by atoms with van der Waals surface area (Å²) >= 11 is 0. The number of likely N-dealkylation sites (N-methyl/N-ethyl adjacent to an activating group) is 1. The molecule has 3 aromatic rings. The van der Waals surface area contributed by atoms with E-state index in [1.807, 2.05) is 6.20 Å². The number of fused-ring (bicyclic) bond motifs is 1. The third-order valence-corrected chi connectivity index (χ3v) is 3.78. The third kappa shape index (κ3) is 2.98. The van der Waals surface area contributed by atoms with Gasteiger partial charge in [-0.05, 0) is 12.1 Å². The van der Waals surface area contributed by atoms with Gasteiger partial charge in [-0.25, -0.2) is 4.68 Å².